The van der Waals surface area contributed by atoms with Crippen molar-refractivity contribution in [2.45, 2.75) is 47.0 Å². The Morgan fingerprint density at radius 3 is 2.36 bits per heavy atom. The second kappa shape index (κ2) is 4.59. The monoisotopic (exact) mass is 191 g/mol. The van der Waals surface area contributed by atoms with E-state index >= 15 is 0 Å². The van der Waals surface area contributed by atoms with E-state index in [0.717, 1.165) is 12.8 Å². The first-order valence-corrected chi connectivity index (χ1v) is 5.45. The number of hydrogen-bond donors (Lipinski definition) is 0. The summed E-state index contributed by atoms with van der Waals surface area (Å²) in [6.45, 7) is 8.97. The molecule has 0 aliphatic carbocycles. The summed E-state index contributed by atoms with van der Waals surface area (Å²) in [5.41, 5.74) is 2.96. The molecule has 1 rings (SSSR count). The maximum Gasteiger partial charge on any atom is 0.0401 e. The molecule has 0 amide bonds. The van der Waals surface area contributed by atoms with Crippen molar-refractivity contribution in [3.05, 3.63) is 29.6 Å². The molecule has 0 saturated carbocycles. The van der Waals surface area contributed by atoms with Gasteiger partial charge in [0.15, 0.2) is 0 Å². The fraction of sp³-hybridized carbons (Fsp3) is 0.615. The predicted molar refractivity (Wildman–Crippen MR) is 61.4 cm³/mol. The normalized spacial score (nSPS) is 11.7. The molecular formula is C13H21N. The van der Waals surface area contributed by atoms with Gasteiger partial charge in [-0.25, -0.2) is 0 Å². The molecule has 78 valence electrons. The van der Waals surface area contributed by atoms with Crippen molar-refractivity contribution in [3.63, 3.8) is 0 Å². The van der Waals surface area contributed by atoms with E-state index in [2.05, 4.69) is 44.8 Å². The van der Waals surface area contributed by atoms with Crippen LogP contribution in [0.1, 0.15) is 45.4 Å². The maximum atomic E-state index is 4.40. The number of aryl methyl sites for hydroxylation is 2. The van der Waals surface area contributed by atoms with Gasteiger partial charge in [0.05, 0.1) is 0 Å². The lowest BCUT2D eigenvalue weighted by Crippen LogP contribution is -2.06. The van der Waals surface area contributed by atoms with Gasteiger partial charge in [-0.3, -0.25) is 4.98 Å². The topological polar surface area (TPSA) is 12.9 Å². The molecule has 0 saturated heterocycles. The van der Waals surface area contributed by atoms with E-state index in [0.29, 0.717) is 5.41 Å². The third kappa shape index (κ3) is 3.91. The van der Waals surface area contributed by atoms with Gasteiger partial charge < -0.3 is 0 Å². The number of aromatic nitrogens is 1. The zero-order valence-corrected chi connectivity index (χ0v) is 9.80. The molecule has 0 fully saturated rings. The third-order valence-electron chi connectivity index (χ3n) is 2.41. The van der Waals surface area contributed by atoms with Gasteiger partial charge >= 0.3 is 0 Å². The second-order valence-electron chi connectivity index (χ2n) is 5.07. The van der Waals surface area contributed by atoms with Crippen LogP contribution in [0.5, 0.6) is 0 Å². The largest absolute Gasteiger partial charge is 0.261 e. The minimum Gasteiger partial charge on any atom is -0.261 e. The second-order valence-corrected chi connectivity index (χ2v) is 5.07. The lowest BCUT2D eigenvalue weighted by molar-refractivity contribution is 0.378. The SMILES string of the molecule is CCc1ccc(CCC(C)(C)C)cn1. The molecule has 0 bridgehead atoms. The minimum absolute atomic E-state index is 0.420. The van der Waals surface area contributed by atoms with Crippen LogP contribution >= 0.6 is 0 Å². The molecule has 0 radical (unpaired) electrons. The molecular weight excluding hydrogens is 170 g/mol. The summed E-state index contributed by atoms with van der Waals surface area (Å²) < 4.78 is 0. The van der Waals surface area contributed by atoms with Crippen LogP contribution in [-0.4, -0.2) is 4.98 Å². The Bertz CT molecular complexity index is 266. The average Bonchev–Trinajstić information content (AvgIpc) is 2.14. The van der Waals surface area contributed by atoms with Gasteiger partial charge in [0, 0.05) is 11.9 Å². The fourth-order valence-electron chi connectivity index (χ4n) is 1.33. The highest BCUT2D eigenvalue weighted by Crippen LogP contribution is 2.21. The van der Waals surface area contributed by atoms with Crippen LogP contribution in [0.15, 0.2) is 18.3 Å². The van der Waals surface area contributed by atoms with Gasteiger partial charge in [0.25, 0.3) is 0 Å². The van der Waals surface area contributed by atoms with E-state index in [-0.39, 0.29) is 0 Å². The Labute approximate surface area is 87.6 Å². The van der Waals surface area contributed by atoms with E-state index in [1.807, 2.05) is 6.20 Å². The van der Waals surface area contributed by atoms with Crippen molar-refractivity contribution >= 4 is 0 Å². The Morgan fingerprint density at radius 2 is 1.93 bits per heavy atom. The van der Waals surface area contributed by atoms with Gasteiger partial charge in [-0.2, -0.15) is 0 Å². The van der Waals surface area contributed by atoms with Gasteiger partial charge in [0.2, 0.25) is 0 Å². The Kier molecular flexibility index (Phi) is 3.68. The molecule has 0 aliphatic rings. The van der Waals surface area contributed by atoms with Crippen LogP contribution in [0.3, 0.4) is 0 Å². The highest BCUT2D eigenvalue weighted by molar-refractivity contribution is 5.14. The molecule has 0 aromatic carbocycles. The molecule has 1 aromatic heterocycles. The first-order valence-electron chi connectivity index (χ1n) is 5.45. The summed E-state index contributed by atoms with van der Waals surface area (Å²) in [5.74, 6) is 0. The predicted octanol–water partition coefficient (Wildman–Crippen LogP) is 3.62. The number of pyridine rings is 1. The van der Waals surface area contributed by atoms with Gasteiger partial charge in [-0.15, -0.1) is 0 Å². The minimum atomic E-state index is 0.420. The lowest BCUT2D eigenvalue weighted by atomic mass is 9.89. The summed E-state index contributed by atoms with van der Waals surface area (Å²) in [6.07, 6.45) is 5.41. The molecule has 1 nitrogen and oxygen atoms in total. The molecule has 0 atom stereocenters. The van der Waals surface area contributed by atoms with Crippen LogP contribution in [0, 0.1) is 5.41 Å². The van der Waals surface area contributed by atoms with Crippen LogP contribution in [-0.2, 0) is 12.8 Å². The zero-order valence-electron chi connectivity index (χ0n) is 9.80. The Balaban J connectivity index is 2.52. The van der Waals surface area contributed by atoms with Crippen molar-refractivity contribution in [2.24, 2.45) is 5.41 Å². The number of hydrogen-bond acceptors (Lipinski definition) is 1. The van der Waals surface area contributed by atoms with Crippen LogP contribution in [0.4, 0.5) is 0 Å². The number of nitrogens with zero attached hydrogens (tertiary/aromatic N) is 1. The fourth-order valence-corrected chi connectivity index (χ4v) is 1.33. The maximum absolute atomic E-state index is 4.40. The van der Waals surface area contributed by atoms with Crippen LogP contribution < -0.4 is 0 Å². The lowest BCUT2D eigenvalue weighted by Gasteiger charge is -2.17. The summed E-state index contributed by atoms with van der Waals surface area (Å²) in [5, 5.41) is 0. The molecule has 0 spiro atoms. The highest BCUT2D eigenvalue weighted by Gasteiger charge is 2.09. The molecule has 14 heavy (non-hydrogen) atoms. The Hall–Kier alpha value is -0.850. The molecule has 0 aliphatic heterocycles. The van der Waals surface area contributed by atoms with E-state index in [4.69, 9.17) is 0 Å². The molecule has 1 heteroatoms. The zero-order chi connectivity index (χ0) is 10.6. The summed E-state index contributed by atoms with van der Waals surface area (Å²) in [6, 6.07) is 4.34. The van der Waals surface area contributed by atoms with E-state index in [9.17, 15) is 0 Å². The molecule has 0 unspecified atom stereocenters. The molecule has 1 aromatic rings. The average molecular weight is 191 g/mol. The van der Waals surface area contributed by atoms with Crippen LogP contribution in [0.2, 0.25) is 0 Å². The smallest absolute Gasteiger partial charge is 0.0401 e. The van der Waals surface area contributed by atoms with Crippen LogP contribution in [0.25, 0.3) is 0 Å². The van der Waals surface area contributed by atoms with E-state index < -0.39 is 0 Å². The van der Waals surface area contributed by atoms with Crippen molar-refractivity contribution in [3.8, 4) is 0 Å². The van der Waals surface area contributed by atoms with Crippen molar-refractivity contribution in [1.82, 2.24) is 4.98 Å². The molecule has 0 N–H and O–H groups in total. The van der Waals surface area contributed by atoms with Crippen molar-refractivity contribution in [1.29, 1.82) is 0 Å². The van der Waals surface area contributed by atoms with E-state index in [1.165, 1.54) is 17.7 Å². The Morgan fingerprint density at radius 1 is 1.21 bits per heavy atom. The van der Waals surface area contributed by atoms with Gasteiger partial charge in [-0.1, -0.05) is 33.8 Å². The van der Waals surface area contributed by atoms with E-state index in [1.54, 1.807) is 0 Å². The summed E-state index contributed by atoms with van der Waals surface area (Å²) >= 11 is 0. The first-order chi connectivity index (χ1) is 6.51. The first kappa shape index (κ1) is 11.2. The third-order valence-corrected chi connectivity index (χ3v) is 2.41. The van der Waals surface area contributed by atoms with Crippen molar-refractivity contribution < 1.29 is 0 Å². The molecule has 1 heterocycles. The van der Waals surface area contributed by atoms with Crippen molar-refractivity contribution in [2.75, 3.05) is 0 Å². The van der Waals surface area contributed by atoms with Gasteiger partial charge in [0.1, 0.15) is 0 Å². The standard InChI is InChI=1S/C13H21N/c1-5-12-7-6-11(10-14-12)8-9-13(2,3)4/h6-7,10H,5,8-9H2,1-4H3. The quantitative estimate of drug-likeness (QED) is 0.711. The van der Waals surface area contributed by atoms with Gasteiger partial charge in [-0.05, 0) is 36.3 Å². The number of rotatable bonds is 3. The summed E-state index contributed by atoms with van der Waals surface area (Å²) in [7, 11) is 0. The summed E-state index contributed by atoms with van der Waals surface area (Å²) in [4.78, 5) is 4.40. The highest BCUT2D eigenvalue weighted by atomic mass is 14.7.